The molecule has 2 rings (SSSR count). The van der Waals surface area contributed by atoms with Crippen molar-refractivity contribution in [2.24, 2.45) is 16.6 Å². The van der Waals surface area contributed by atoms with E-state index in [1.165, 1.54) is 5.56 Å². The predicted molar refractivity (Wildman–Crippen MR) is 101 cm³/mol. The number of phenols is 1. The number of nitrogens with one attached hydrogen (secondary N) is 1. The fraction of sp³-hybridized carbons (Fsp3) is 0.579. The quantitative estimate of drug-likeness (QED) is 0.399. The molecular formula is C19H30N4O2. The molecule has 0 saturated carbocycles. The zero-order valence-electron chi connectivity index (χ0n) is 15.1. The molecule has 1 heterocycles. The minimum absolute atomic E-state index is 0.220. The van der Waals surface area contributed by atoms with E-state index in [1.807, 2.05) is 12.1 Å². The predicted octanol–water partition coefficient (Wildman–Crippen LogP) is 1.88. The maximum atomic E-state index is 11.2. The second kappa shape index (κ2) is 9.91. The van der Waals surface area contributed by atoms with E-state index in [4.69, 9.17) is 10.7 Å². The molecular weight excluding hydrogens is 316 g/mol. The van der Waals surface area contributed by atoms with E-state index in [9.17, 15) is 9.90 Å². The zero-order valence-corrected chi connectivity index (χ0v) is 15.1. The third-order valence-corrected chi connectivity index (χ3v) is 4.46. The normalized spacial score (nSPS) is 18.2. The molecule has 1 unspecified atom stereocenters. The lowest BCUT2D eigenvalue weighted by atomic mass is 9.95. The van der Waals surface area contributed by atoms with Crippen LogP contribution in [0, 0.1) is 5.92 Å². The van der Waals surface area contributed by atoms with E-state index >= 15 is 0 Å². The van der Waals surface area contributed by atoms with Crippen LogP contribution in [0.25, 0.3) is 0 Å². The zero-order chi connectivity index (χ0) is 18.1. The summed E-state index contributed by atoms with van der Waals surface area (Å²) < 4.78 is 0. The number of amides is 1. The van der Waals surface area contributed by atoms with E-state index in [0.717, 1.165) is 57.8 Å². The van der Waals surface area contributed by atoms with Crippen LogP contribution < -0.4 is 11.1 Å². The van der Waals surface area contributed by atoms with Gasteiger partial charge in [0.05, 0.1) is 0 Å². The molecule has 25 heavy (non-hydrogen) atoms. The topological polar surface area (TPSA) is 91.0 Å². The van der Waals surface area contributed by atoms with Crippen molar-refractivity contribution in [1.29, 1.82) is 0 Å². The van der Waals surface area contributed by atoms with Crippen molar-refractivity contribution in [3.63, 3.8) is 0 Å². The number of hydrogen-bond acceptors (Lipinski definition) is 3. The number of phenolic OH excluding ortho intramolecular Hbond substituents is 1. The summed E-state index contributed by atoms with van der Waals surface area (Å²) in [4.78, 5) is 18.2. The molecule has 0 aliphatic carbocycles. The summed E-state index contributed by atoms with van der Waals surface area (Å²) in [6.45, 7) is 5.45. The molecule has 0 radical (unpaired) electrons. The van der Waals surface area contributed by atoms with Crippen molar-refractivity contribution in [1.82, 2.24) is 10.2 Å². The van der Waals surface area contributed by atoms with Gasteiger partial charge in [-0.25, -0.2) is 0 Å². The van der Waals surface area contributed by atoms with Crippen LogP contribution in [0.2, 0.25) is 0 Å². The number of primary amides is 1. The van der Waals surface area contributed by atoms with Gasteiger partial charge in [0.2, 0.25) is 5.91 Å². The average molecular weight is 346 g/mol. The number of nitrogens with two attached hydrogens (primary N) is 1. The highest BCUT2D eigenvalue weighted by molar-refractivity contribution is 5.80. The molecule has 1 fully saturated rings. The number of carbonyl (C=O) groups excluding carboxylic acids is 1. The second-order valence-electron chi connectivity index (χ2n) is 6.63. The number of likely N-dealkylation sites (tertiary alicyclic amines) is 1. The molecule has 1 aliphatic heterocycles. The summed E-state index contributed by atoms with van der Waals surface area (Å²) in [6, 6.07) is 7.33. The Bertz CT molecular complexity index is 571. The van der Waals surface area contributed by atoms with Crippen molar-refractivity contribution in [3.05, 3.63) is 29.8 Å². The highest BCUT2D eigenvalue weighted by atomic mass is 16.3. The van der Waals surface area contributed by atoms with E-state index < -0.39 is 0 Å². The van der Waals surface area contributed by atoms with Gasteiger partial charge in [-0.2, -0.15) is 0 Å². The molecule has 1 aromatic rings. The molecule has 1 amide bonds. The first-order valence-electron chi connectivity index (χ1n) is 9.18. The number of carbonyl (C=O) groups is 1. The number of aryl methyl sites for hydroxylation is 1. The molecule has 6 nitrogen and oxygen atoms in total. The number of aromatic hydroxyl groups is 1. The van der Waals surface area contributed by atoms with Crippen LogP contribution in [0.5, 0.6) is 5.75 Å². The lowest BCUT2D eigenvalue weighted by Crippen LogP contribution is -2.47. The van der Waals surface area contributed by atoms with E-state index in [-0.39, 0.29) is 5.91 Å². The SMILES string of the molecule is CCNC(=NCCCc1ccc(O)cc1)N1CCCC(CC(N)=O)C1. The minimum Gasteiger partial charge on any atom is -0.508 e. The van der Waals surface area contributed by atoms with Crippen LogP contribution in [0.3, 0.4) is 0 Å². The third kappa shape index (κ3) is 6.64. The summed E-state index contributed by atoms with van der Waals surface area (Å²) in [5.41, 5.74) is 6.55. The fourth-order valence-corrected chi connectivity index (χ4v) is 3.27. The van der Waals surface area contributed by atoms with E-state index in [0.29, 0.717) is 18.1 Å². The number of hydrogen-bond donors (Lipinski definition) is 3. The summed E-state index contributed by atoms with van der Waals surface area (Å²) in [5, 5.41) is 12.7. The highest BCUT2D eigenvalue weighted by Gasteiger charge is 2.23. The van der Waals surface area contributed by atoms with Gasteiger partial charge in [-0.1, -0.05) is 12.1 Å². The Balaban J connectivity index is 1.86. The van der Waals surface area contributed by atoms with Gasteiger partial charge in [0.1, 0.15) is 5.75 Å². The lowest BCUT2D eigenvalue weighted by Gasteiger charge is -2.34. The van der Waals surface area contributed by atoms with Gasteiger partial charge in [0.25, 0.3) is 0 Å². The van der Waals surface area contributed by atoms with Crippen LogP contribution in [0.4, 0.5) is 0 Å². The molecule has 0 aromatic heterocycles. The number of nitrogens with zero attached hydrogens (tertiary/aromatic N) is 2. The number of aliphatic imine (C=N–C) groups is 1. The molecule has 1 saturated heterocycles. The lowest BCUT2D eigenvalue weighted by molar-refractivity contribution is -0.119. The second-order valence-corrected chi connectivity index (χ2v) is 6.63. The monoisotopic (exact) mass is 346 g/mol. The van der Waals surface area contributed by atoms with Gasteiger partial charge in [-0.05, 0) is 56.2 Å². The largest absolute Gasteiger partial charge is 0.508 e. The first-order chi connectivity index (χ1) is 12.1. The Hall–Kier alpha value is -2.24. The highest BCUT2D eigenvalue weighted by Crippen LogP contribution is 2.19. The Labute approximate surface area is 150 Å². The van der Waals surface area contributed by atoms with Crippen LogP contribution in [0.15, 0.2) is 29.3 Å². The van der Waals surface area contributed by atoms with Crippen LogP contribution >= 0.6 is 0 Å². The fourth-order valence-electron chi connectivity index (χ4n) is 3.27. The van der Waals surface area contributed by atoms with Crippen molar-refractivity contribution in [3.8, 4) is 5.75 Å². The molecule has 1 aliphatic rings. The Morgan fingerprint density at radius 3 is 2.84 bits per heavy atom. The first-order valence-corrected chi connectivity index (χ1v) is 9.18. The number of guanidine groups is 1. The average Bonchev–Trinajstić information content (AvgIpc) is 2.59. The maximum Gasteiger partial charge on any atom is 0.217 e. The van der Waals surface area contributed by atoms with Crippen molar-refractivity contribution in [2.75, 3.05) is 26.2 Å². The van der Waals surface area contributed by atoms with E-state index in [2.05, 4.69) is 17.1 Å². The van der Waals surface area contributed by atoms with Gasteiger partial charge in [-0.3, -0.25) is 9.79 Å². The molecule has 6 heteroatoms. The van der Waals surface area contributed by atoms with Gasteiger partial charge in [0, 0.05) is 32.6 Å². The number of piperidine rings is 1. The molecule has 1 atom stereocenters. The van der Waals surface area contributed by atoms with Gasteiger partial charge >= 0.3 is 0 Å². The molecule has 4 N–H and O–H groups in total. The van der Waals surface area contributed by atoms with E-state index in [1.54, 1.807) is 12.1 Å². The van der Waals surface area contributed by atoms with Gasteiger partial charge < -0.3 is 21.1 Å². The van der Waals surface area contributed by atoms with Crippen molar-refractivity contribution < 1.29 is 9.90 Å². The van der Waals surface area contributed by atoms with Crippen molar-refractivity contribution >= 4 is 11.9 Å². The Morgan fingerprint density at radius 2 is 2.16 bits per heavy atom. The summed E-state index contributed by atoms with van der Waals surface area (Å²) >= 11 is 0. The number of rotatable bonds is 7. The first kappa shape index (κ1) is 19.1. The summed E-state index contributed by atoms with van der Waals surface area (Å²) in [5.74, 6) is 1.34. The molecule has 0 bridgehead atoms. The smallest absolute Gasteiger partial charge is 0.217 e. The molecule has 1 aromatic carbocycles. The molecule has 138 valence electrons. The van der Waals surface area contributed by atoms with Crippen LogP contribution in [-0.4, -0.2) is 48.1 Å². The summed E-state index contributed by atoms with van der Waals surface area (Å²) in [7, 11) is 0. The van der Waals surface area contributed by atoms with Gasteiger partial charge in [-0.15, -0.1) is 0 Å². The third-order valence-electron chi connectivity index (χ3n) is 4.46. The Morgan fingerprint density at radius 1 is 1.40 bits per heavy atom. The maximum absolute atomic E-state index is 11.2. The van der Waals surface area contributed by atoms with Crippen LogP contribution in [-0.2, 0) is 11.2 Å². The van der Waals surface area contributed by atoms with Crippen LogP contribution in [0.1, 0.15) is 38.2 Å². The molecule has 0 spiro atoms. The Kier molecular flexibility index (Phi) is 7.57. The minimum atomic E-state index is -0.220. The summed E-state index contributed by atoms with van der Waals surface area (Å²) in [6.07, 6.45) is 4.47. The number of benzene rings is 1. The van der Waals surface area contributed by atoms with Crippen molar-refractivity contribution in [2.45, 2.75) is 39.0 Å². The van der Waals surface area contributed by atoms with Gasteiger partial charge in [0.15, 0.2) is 5.96 Å². The standard InChI is InChI=1S/C19H30N4O2/c1-2-21-19(23-12-4-6-16(14-23)13-18(20)25)22-11-3-5-15-7-9-17(24)10-8-15/h7-10,16,24H,2-6,11-14H2,1H3,(H2,20,25)(H,21,22).